The fraction of sp³-hybridized carbons (Fsp3) is 0.706. The SMILES string of the molecule is Cc1cc(C(=O)N2CCCN(S(C)(=O)=O)[C@H]3CCC[C@H]3C(=O)NCC2)no1. The van der Waals surface area contributed by atoms with Crippen LogP contribution in [-0.2, 0) is 14.8 Å². The third kappa shape index (κ3) is 4.49. The zero-order chi connectivity index (χ0) is 19.6. The number of nitrogens with zero attached hydrogens (tertiary/aromatic N) is 3. The highest BCUT2D eigenvalue weighted by atomic mass is 32.2. The predicted molar refractivity (Wildman–Crippen MR) is 97.4 cm³/mol. The van der Waals surface area contributed by atoms with Crippen molar-refractivity contribution < 1.29 is 22.5 Å². The van der Waals surface area contributed by atoms with Crippen LogP contribution in [0.1, 0.15) is 41.9 Å². The number of amides is 2. The van der Waals surface area contributed by atoms with E-state index in [9.17, 15) is 18.0 Å². The molecular weight excluding hydrogens is 372 g/mol. The Kier molecular flexibility index (Phi) is 5.85. The first kappa shape index (κ1) is 19.8. The lowest BCUT2D eigenvalue weighted by atomic mass is 10.0. The van der Waals surface area contributed by atoms with Crippen LogP contribution in [0.15, 0.2) is 10.6 Å². The third-order valence-corrected chi connectivity index (χ3v) is 6.54. The number of rotatable bonds is 2. The summed E-state index contributed by atoms with van der Waals surface area (Å²) in [4.78, 5) is 26.8. The first-order valence-corrected chi connectivity index (χ1v) is 11.1. The lowest BCUT2D eigenvalue weighted by molar-refractivity contribution is -0.125. The number of nitrogens with one attached hydrogen (secondary N) is 1. The van der Waals surface area contributed by atoms with Crippen molar-refractivity contribution in [2.24, 2.45) is 5.92 Å². The molecule has 27 heavy (non-hydrogen) atoms. The molecule has 2 fully saturated rings. The number of hydrogen-bond acceptors (Lipinski definition) is 6. The largest absolute Gasteiger partial charge is 0.361 e. The Morgan fingerprint density at radius 2 is 2.04 bits per heavy atom. The van der Waals surface area contributed by atoms with Gasteiger partial charge in [-0.3, -0.25) is 9.59 Å². The molecule has 1 saturated heterocycles. The molecule has 0 bridgehead atoms. The van der Waals surface area contributed by atoms with E-state index in [-0.39, 0.29) is 36.0 Å². The third-order valence-electron chi connectivity index (χ3n) is 5.23. The van der Waals surface area contributed by atoms with Gasteiger partial charge in [0.15, 0.2) is 5.69 Å². The quantitative estimate of drug-likeness (QED) is 0.770. The Balaban J connectivity index is 1.80. The van der Waals surface area contributed by atoms with Gasteiger partial charge in [-0.15, -0.1) is 0 Å². The fourth-order valence-corrected chi connectivity index (χ4v) is 5.18. The first-order chi connectivity index (χ1) is 12.8. The molecule has 0 radical (unpaired) electrons. The van der Waals surface area contributed by atoms with Gasteiger partial charge in [0.2, 0.25) is 15.9 Å². The summed E-state index contributed by atoms with van der Waals surface area (Å²) in [6.45, 7) is 3.04. The lowest BCUT2D eigenvalue weighted by Gasteiger charge is -2.30. The number of sulfonamides is 1. The lowest BCUT2D eigenvalue weighted by Crippen LogP contribution is -2.47. The molecule has 2 atom stereocenters. The van der Waals surface area contributed by atoms with Crippen LogP contribution < -0.4 is 5.32 Å². The van der Waals surface area contributed by atoms with E-state index in [0.717, 1.165) is 6.42 Å². The minimum Gasteiger partial charge on any atom is -0.361 e. The van der Waals surface area contributed by atoms with Gasteiger partial charge >= 0.3 is 0 Å². The molecule has 0 aromatic carbocycles. The Hall–Kier alpha value is -1.94. The molecule has 1 N–H and O–H groups in total. The molecule has 1 aliphatic heterocycles. The molecule has 3 rings (SSSR count). The summed E-state index contributed by atoms with van der Waals surface area (Å²) in [6, 6.07) is 1.26. The van der Waals surface area contributed by atoms with E-state index in [1.807, 2.05) is 0 Å². The van der Waals surface area contributed by atoms with Crippen molar-refractivity contribution in [3.8, 4) is 0 Å². The molecule has 0 unspecified atom stereocenters. The van der Waals surface area contributed by atoms with E-state index < -0.39 is 10.0 Å². The number of carbonyl (C=O) groups excluding carboxylic acids is 2. The van der Waals surface area contributed by atoms with Gasteiger partial charge in [0.05, 0.1) is 12.2 Å². The molecule has 2 heterocycles. The van der Waals surface area contributed by atoms with E-state index in [2.05, 4.69) is 10.5 Å². The number of fused-ring (bicyclic) bond motifs is 1. The van der Waals surface area contributed by atoms with Gasteiger partial charge in [-0.25, -0.2) is 8.42 Å². The van der Waals surface area contributed by atoms with Gasteiger partial charge in [-0.2, -0.15) is 4.31 Å². The van der Waals surface area contributed by atoms with Crippen LogP contribution in [0.2, 0.25) is 0 Å². The van der Waals surface area contributed by atoms with Gasteiger partial charge < -0.3 is 14.7 Å². The van der Waals surface area contributed by atoms with Crippen LogP contribution in [0, 0.1) is 12.8 Å². The number of carbonyl (C=O) groups is 2. The molecular formula is C17H26N4O5S. The van der Waals surface area contributed by atoms with Gasteiger partial charge in [-0.1, -0.05) is 11.6 Å². The van der Waals surface area contributed by atoms with Crippen molar-refractivity contribution in [3.63, 3.8) is 0 Å². The molecule has 2 amide bonds. The second-order valence-electron chi connectivity index (χ2n) is 7.24. The average Bonchev–Trinajstić information content (AvgIpc) is 3.23. The molecule has 1 aliphatic carbocycles. The Bertz CT molecular complexity index is 806. The fourth-order valence-electron chi connectivity index (χ4n) is 3.98. The molecule has 10 heteroatoms. The average molecular weight is 398 g/mol. The molecule has 0 spiro atoms. The van der Waals surface area contributed by atoms with Crippen LogP contribution in [0.4, 0.5) is 0 Å². The van der Waals surface area contributed by atoms with Crippen LogP contribution in [0.5, 0.6) is 0 Å². The van der Waals surface area contributed by atoms with E-state index in [4.69, 9.17) is 4.52 Å². The minimum absolute atomic E-state index is 0.141. The van der Waals surface area contributed by atoms with Crippen LogP contribution >= 0.6 is 0 Å². The maximum absolute atomic E-state index is 12.7. The summed E-state index contributed by atoms with van der Waals surface area (Å²) in [5.41, 5.74) is 0.213. The highest BCUT2D eigenvalue weighted by molar-refractivity contribution is 7.88. The Labute approximate surface area is 159 Å². The zero-order valence-corrected chi connectivity index (χ0v) is 16.5. The topological polar surface area (TPSA) is 113 Å². The predicted octanol–water partition coefficient (Wildman–Crippen LogP) is 0.375. The summed E-state index contributed by atoms with van der Waals surface area (Å²) in [5, 5.41) is 6.63. The van der Waals surface area contributed by atoms with E-state index in [1.165, 1.54) is 10.6 Å². The van der Waals surface area contributed by atoms with Gasteiger partial charge in [-0.05, 0) is 26.2 Å². The number of hydrogen-bond donors (Lipinski definition) is 1. The van der Waals surface area contributed by atoms with Crippen LogP contribution in [-0.4, -0.2) is 73.1 Å². The summed E-state index contributed by atoms with van der Waals surface area (Å²) in [6.07, 6.45) is 3.88. The number of aryl methyl sites for hydroxylation is 1. The number of aromatic nitrogens is 1. The summed E-state index contributed by atoms with van der Waals surface area (Å²) < 4.78 is 31.0. The van der Waals surface area contributed by atoms with Crippen molar-refractivity contribution in [2.45, 2.75) is 38.6 Å². The molecule has 150 valence electrons. The smallest absolute Gasteiger partial charge is 0.276 e. The normalized spacial score (nSPS) is 25.6. The highest BCUT2D eigenvalue weighted by Crippen LogP contribution is 2.32. The molecule has 1 aromatic heterocycles. The van der Waals surface area contributed by atoms with Crippen molar-refractivity contribution in [1.82, 2.24) is 19.7 Å². The van der Waals surface area contributed by atoms with E-state index >= 15 is 0 Å². The van der Waals surface area contributed by atoms with Crippen molar-refractivity contribution >= 4 is 21.8 Å². The summed E-state index contributed by atoms with van der Waals surface area (Å²) in [5.74, 6) is -0.218. The molecule has 1 aromatic rings. The summed E-state index contributed by atoms with van der Waals surface area (Å²) >= 11 is 0. The standard InChI is InChI=1S/C17H26N4O5S/c1-12-11-14(19-26-12)17(23)20-8-4-9-21(27(2,24)25)15-6-3-5-13(15)16(22)18-7-10-20/h11,13,15H,3-10H2,1-2H3,(H,18,22)/t13-,15+/m1/s1. The van der Waals surface area contributed by atoms with Gasteiger partial charge in [0.25, 0.3) is 5.91 Å². The van der Waals surface area contributed by atoms with Crippen molar-refractivity contribution in [2.75, 3.05) is 32.4 Å². The Morgan fingerprint density at radius 1 is 1.26 bits per heavy atom. The monoisotopic (exact) mass is 398 g/mol. The second-order valence-corrected chi connectivity index (χ2v) is 9.17. The van der Waals surface area contributed by atoms with E-state index in [1.54, 1.807) is 17.9 Å². The molecule has 1 saturated carbocycles. The molecule has 2 aliphatic rings. The zero-order valence-electron chi connectivity index (χ0n) is 15.7. The maximum Gasteiger partial charge on any atom is 0.276 e. The summed E-state index contributed by atoms with van der Waals surface area (Å²) in [7, 11) is -3.45. The maximum atomic E-state index is 12.7. The van der Waals surface area contributed by atoms with Crippen molar-refractivity contribution in [1.29, 1.82) is 0 Å². The minimum atomic E-state index is -3.45. The first-order valence-electron chi connectivity index (χ1n) is 9.24. The highest BCUT2D eigenvalue weighted by Gasteiger charge is 2.40. The molecule has 9 nitrogen and oxygen atoms in total. The van der Waals surface area contributed by atoms with Gasteiger partial charge in [0.1, 0.15) is 5.76 Å². The van der Waals surface area contributed by atoms with Gasteiger partial charge in [0, 0.05) is 38.3 Å². The van der Waals surface area contributed by atoms with Crippen LogP contribution in [0.3, 0.4) is 0 Å². The Morgan fingerprint density at radius 3 is 2.70 bits per heavy atom. The van der Waals surface area contributed by atoms with E-state index in [0.29, 0.717) is 44.7 Å². The van der Waals surface area contributed by atoms with Crippen molar-refractivity contribution in [3.05, 3.63) is 17.5 Å². The second kappa shape index (κ2) is 7.97. The van der Waals surface area contributed by atoms with Crippen LogP contribution in [0.25, 0.3) is 0 Å².